The van der Waals surface area contributed by atoms with Crippen molar-refractivity contribution in [3.05, 3.63) is 70.8 Å². The molecule has 0 radical (unpaired) electrons. The molecule has 0 aliphatic heterocycles. The first-order chi connectivity index (χ1) is 16.9. The van der Waals surface area contributed by atoms with Crippen molar-refractivity contribution in [2.45, 2.75) is 76.4 Å². The second kappa shape index (κ2) is 12.0. The summed E-state index contributed by atoms with van der Waals surface area (Å²) < 4.78 is 37.7. The van der Waals surface area contributed by atoms with E-state index in [-0.39, 0.29) is 6.04 Å². The standard InChI is InChI=1S/C22H27NO.C6H13NO3S/c1-3-23(4-2)13-14-24-21-15-20-16-9-5-7-11-18(16)22(21)19-12-8-6-10-17(19)20;8-11(9,10)7-6-4-2-1-3-5-6/h5-12,20-22H,3-4,13-15H2,1-2H3;6-7H,1-5H2,(H,8,9,10). The van der Waals surface area contributed by atoms with Crippen molar-refractivity contribution in [2.24, 2.45) is 0 Å². The summed E-state index contributed by atoms with van der Waals surface area (Å²) in [5, 5.41) is 0. The van der Waals surface area contributed by atoms with Gasteiger partial charge in [-0.2, -0.15) is 13.1 Å². The highest BCUT2D eigenvalue weighted by molar-refractivity contribution is 7.83. The lowest BCUT2D eigenvalue weighted by Gasteiger charge is -2.45. The van der Waals surface area contributed by atoms with Crippen LogP contribution < -0.4 is 4.72 Å². The molecule has 192 valence electrons. The number of hydrogen-bond acceptors (Lipinski definition) is 4. The van der Waals surface area contributed by atoms with Gasteiger partial charge in [-0.15, -0.1) is 0 Å². The van der Waals surface area contributed by atoms with Crippen LogP contribution in [0.1, 0.15) is 86.5 Å². The van der Waals surface area contributed by atoms with Gasteiger partial charge in [0.2, 0.25) is 0 Å². The van der Waals surface area contributed by atoms with Crippen LogP contribution in [0.5, 0.6) is 0 Å². The number of likely N-dealkylation sites (N-methyl/N-ethyl adjacent to an activating group) is 1. The molecular formula is C28H40N2O4S. The number of nitrogens with one attached hydrogen (secondary N) is 1. The second-order valence-corrected chi connectivity index (χ2v) is 11.1. The molecule has 2 bridgehead atoms. The maximum absolute atomic E-state index is 10.3. The molecule has 1 saturated carbocycles. The van der Waals surface area contributed by atoms with Crippen molar-refractivity contribution in [1.82, 2.24) is 9.62 Å². The van der Waals surface area contributed by atoms with E-state index >= 15 is 0 Å². The van der Waals surface area contributed by atoms with E-state index in [0.29, 0.717) is 17.9 Å². The summed E-state index contributed by atoms with van der Waals surface area (Å²) in [5.74, 6) is 0.903. The van der Waals surface area contributed by atoms with Crippen LogP contribution in [0.15, 0.2) is 48.5 Å². The number of nitrogens with zero attached hydrogens (tertiary/aromatic N) is 1. The average Bonchev–Trinajstić information content (AvgIpc) is 2.87. The Morgan fingerprint density at radius 1 is 0.914 bits per heavy atom. The van der Waals surface area contributed by atoms with Gasteiger partial charge in [0.1, 0.15) is 0 Å². The van der Waals surface area contributed by atoms with Gasteiger partial charge in [0.25, 0.3) is 0 Å². The van der Waals surface area contributed by atoms with E-state index in [1.807, 2.05) is 0 Å². The minimum absolute atomic E-state index is 0.0428. The van der Waals surface area contributed by atoms with Crippen LogP contribution in [0.2, 0.25) is 0 Å². The quantitative estimate of drug-likeness (QED) is 0.493. The summed E-state index contributed by atoms with van der Waals surface area (Å²) in [6, 6.07) is 17.9. The lowest BCUT2D eigenvalue weighted by atomic mass is 9.62. The van der Waals surface area contributed by atoms with Crippen LogP contribution in [0.3, 0.4) is 0 Å². The molecule has 2 aromatic rings. The second-order valence-electron chi connectivity index (χ2n) is 9.89. The largest absolute Gasteiger partial charge is 0.376 e. The highest BCUT2D eigenvalue weighted by atomic mass is 32.2. The highest BCUT2D eigenvalue weighted by Gasteiger charge is 2.43. The Kier molecular flexibility index (Phi) is 9.00. The van der Waals surface area contributed by atoms with Gasteiger partial charge in [-0.1, -0.05) is 81.6 Å². The first-order valence-electron chi connectivity index (χ1n) is 13.2. The van der Waals surface area contributed by atoms with Gasteiger partial charge in [-0.05, 0) is 54.6 Å². The fourth-order valence-electron chi connectivity index (χ4n) is 6.05. The van der Waals surface area contributed by atoms with Crippen LogP contribution in [-0.2, 0) is 15.0 Å². The Balaban J connectivity index is 0.000000221. The molecule has 4 aliphatic rings. The number of ether oxygens (including phenoxy) is 1. The summed E-state index contributed by atoms with van der Waals surface area (Å²) in [6.45, 7) is 8.51. The monoisotopic (exact) mass is 500 g/mol. The first-order valence-corrected chi connectivity index (χ1v) is 14.6. The molecule has 0 saturated heterocycles. The van der Waals surface area contributed by atoms with E-state index in [9.17, 15) is 8.42 Å². The Labute approximate surface area is 211 Å². The molecule has 7 heteroatoms. The van der Waals surface area contributed by atoms with Crippen LogP contribution in [-0.4, -0.2) is 56.3 Å². The van der Waals surface area contributed by atoms with E-state index in [0.717, 1.165) is 58.3 Å². The fourth-order valence-corrected chi connectivity index (χ4v) is 6.71. The van der Waals surface area contributed by atoms with Crippen LogP contribution in [0.4, 0.5) is 0 Å². The Hall–Kier alpha value is -1.77. The van der Waals surface area contributed by atoms with E-state index in [2.05, 4.69) is 72.0 Å². The Bertz CT molecular complexity index is 1020. The lowest BCUT2D eigenvalue weighted by molar-refractivity contribution is 0.0128. The molecule has 35 heavy (non-hydrogen) atoms. The third kappa shape index (κ3) is 6.52. The maximum Gasteiger partial charge on any atom is 0.333 e. The molecular weight excluding hydrogens is 460 g/mol. The van der Waals surface area contributed by atoms with Crippen molar-refractivity contribution >= 4 is 10.3 Å². The summed E-state index contributed by atoms with van der Waals surface area (Å²) in [4.78, 5) is 2.43. The maximum atomic E-state index is 10.3. The third-order valence-electron chi connectivity index (χ3n) is 7.81. The molecule has 1 atom stereocenters. The number of benzene rings is 2. The minimum atomic E-state index is -3.97. The van der Waals surface area contributed by atoms with Gasteiger partial charge in [0.05, 0.1) is 12.7 Å². The zero-order chi connectivity index (χ0) is 24.8. The van der Waals surface area contributed by atoms with Crippen molar-refractivity contribution in [3.63, 3.8) is 0 Å². The predicted octanol–water partition coefficient (Wildman–Crippen LogP) is 5.11. The number of fused-ring (bicyclic) bond motifs is 1. The predicted molar refractivity (Wildman–Crippen MR) is 140 cm³/mol. The van der Waals surface area contributed by atoms with E-state index in [1.165, 1.54) is 28.7 Å². The summed E-state index contributed by atoms with van der Waals surface area (Å²) in [7, 11) is -3.97. The molecule has 0 amide bonds. The zero-order valence-electron chi connectivity index (χ0n) is 21.0. The van der Waals surface area contributed by atoms with E-state index < -0.39 is 10.3 Å². The van der Waals surface area contributed by atoms with Gasteiger partial charge in [-0.3, -0.25) is 4.55 Å². The van der Waals surface area contributed by atoms with Crippen molar-refractivity contribution < 1.29 is 17.7 Å². The molecule has 0 spiro atoms. The topological polar surface area (TPSA) is 78.9 Å². The smallest absolute Gasteiger partial charge is 0.333 e. The summed E-state index contributed by atoms with van der Waals surface area (Å²) in [6.07, 6.45) is 6.40. The number of hydrogen-bond donors (Lipinski definition) is 2. The van der Waals surface area contributed by atoms with Crippen LogP contribution >= 0.6 is 0 Å². The Morgan fingerprint density at radius 2 is 1.46 bits per heavy atom. The van der Waals surface area contributed by atoms with Gasteiger partial charge in [0.15, 0.2) is 0 Å². The average molecular weight is 501 g/mol. The van der Waals surface area contributed by atoms with Crippen molar-refractivity contribution in [3.8, 4) is 0 Å². The van der Waals surface area contributed by atoms with Gasteiger partial charge in [-0.25, -0.2) is 0 Å². The highest BCUT2D eigenvalue weighted by Crippen LogP contribution is 2.53. The molecule has 6 rings (SSSR count). The van der Waals surface area contributed by atoms with E-state index in [1.54, 1.807) is 0 Å². The Morgan fingerprint density at radius 3 is 1.97 bits per heavy atom. The van der Waals surface area contributed by atoms with Crippen molar-refractivity contribution in [1.29, 1.82) is 0 Å². The molecule has 1 fully saturated rings. The zero-order valence-corrected chi connectivity index (χ0v) is 21.8. The minimum Gasteiger partial charge on any atom is -0.376 e. The molecule has 2 N–H and O–H groups in total. The summed E-state index contributed by atoms with van der Waals surface area (Å²) in [5.41, 5.74) is 6.01. The first kappa shape index (κ1) is 26.3. The molecule has 6 nitrogen and oxygen atoms in total. The molecule has 4 aliphatic carbocycles. The van der Waals surface area contributed by atoms with Crippen LogP contribution in [0, 0.1) is 0 Å². The summed E-state index contributed by atoms with van der Waals surface area (Å²) >= 11 is 0. The molecule has 1 unspecified atom stereocenters. The number of rotatable bonds is 8. The SMILES string of the molecule is CCN(CC)CCOC1CC2c3ccccc3C1c1ccccc12.O=S(=O)(O)NC1CCCCC1. The third-order valence-corrected chi connectivity index (χ3v) is 8.44. The fraction of sp³-hybridized carbons (Fsp3) is 0.571. The molecule has 0 aromatic heterocycles. The molecule has 0 heterocycles. The van der Waals surface area contributed by atoms with Gasteiger partial charge in [0, 0.05) is 24.4 Å². The molecule has 2 aromatic carbocycles. The lowest BCUT2D eigenvalue weighted by Crippen LogP contribution is -2.38. The van der Waals surface area contributed by atoms with Gasteiger partial charge >= 0.3 is 10.3 Å². The van der Waals surface area contributed by atoms with Crippen LogP contribution in [0.25, 0.3) is 0 Å². The van der Waals surface area contributed by atoms with Crippen molar-refractivity contribution in [2.75, 3.05) is 26.2 Å². The van der Waals surface area contributed by atoms with Gasteiger partial charge < -0.3 is 9.64 Å². The van der Waals surface area contributed by atoms with E-state index in [4.69, 9.17) is 9.29 Å². The normalized spacial score (nSPS) is 23.4.